The predicted octanol–water partition coefficient (Wildman–Crippen LogP) is 6.58. The summed E-state index contributed by atoms with van der Waals surface area (Å²) in [6.45, 7) is 0.611. The molecule has 1 amide bonds. The second kappa shape index (κ2) is 13.1. The zero-order valence-electron chi connectivity index (χ0n) is 24.3. The van der Waals surface area contributed by atoms with E-state index in [4.69, 9.17) is 14.9 Å². The van der Waals surface area contributed by atoms with Crippen molar-refractivity contribution in [3.8, 4) is 5.75 Å². The second-order valence-electron chi connectivity index (χ2n) is 11.4. The number of para-hydroxylation sites is 1. The Morgan fingerprint density at radius 3 is 2.48 bits per heavy atom. The van der Waals surface area contributed by atoms with Crippen molar-refractivity contribution in [3.05, 3.63) is 113 Å². The molecule has 42 heavy (non-hydrogen) atoms. The van der Waals surface area contributed by atoms with Crippen molar-refractivity contribution < 1.29 is 9.53 Å². The van der Waals surface area contributed by atoms with Gasteiger partial charge in [0.15, 0.2) is 5.82 Å². The van der Waals surface area contributed by atoms with Crippen LogP contribution < -0.4 is 10.1 Å². The van der Waals surface area contributed by atoms with E-state index in [0.29, 0.717) is 13.0 Å². The van der Waals surface area contributed by atoms with Crippen molar-refractivity contribution in [2.45, 2.75) is 64.0 Å². The van der Waals surface area contributed by atoms with Crippen LogP contribution in [0, 0.1) is 5.92 Å². The van der Waals surface area contributed by atoms with E-state index in [0.717, 1.165) is 72.6 Å². The fourth-order valence-corrected chi connectivity index (χ4v) is 6.16. The highest BCUT2D eigenvalue weighted by molar-refractivity contribution is 5.83. The molecule has 2 N–H and O–H groups in total. The standard InChI is InChI=1S/C35H39N5O2/c1-42-29-19-16-26(17-20-29)24-40-33(21-18-25-10-4-2-5-11-25)38-39-34(40)32(37-35(41)27-12-6-3-7-13-27)22-28-23-36-31-15-9-8-14-30(28)31/h2,4-5,8-11,14-17,19-20,23,27,32,36H,3,6-7,12-13,18,21-22,24H2,1H3,(H,37,41)/t32-/m0/s1. The summed E-state index contributed by atoms with van der Waals surface area (Å²) < 4.78 is 7.60. The number of nitrogens with one attached hydrogen (secondary N) is 2. The van der Waals surface area contributed by atoms with E-state index in [1.807, 2.05) is 24.3 Å². The minimum absolute atomic E-state index is 0.0553. The molecule has 0 saturated heterocycles. The minimum Gasteiger partial charge on any atom is -0.497 e. The molecule has 0 bridgehead atoms. The molecule has 1 saturated carbocycles. The molecule has 5 aromatic rings. The van der Waals surface area contributed by atoms with Crippen LogP contribution in [0.1, 0.15) is 66.5 Å². The van der Waals surface area contributed by atoms with Gasteiger partial charge in [-0.3, -0.25) is 4.79 Å². The van der Waals surface area contributed by atoms with Gasteiger partial charge in [-0.15, -0.1) is 10.2 Å². The average Bonchev–Trinajstić information content (AvgIpc) is 3.64. The quantitative estimate of drug-likeness (QED) is 0.191. The van der Waals surface area contributed by atoms with Crippen LogP contribution in [0.2, 0.25) is 0 Å². The number of carbonyl (C=O) groups excluding carboxylic acids is 1. The van der Waals surface area contributed by atoms with Crippen molar-refractivity contribution in [1.29, 1.82) is 0 Å². The molecule has 1 aliphatic carbocycles. The summed E-state index contributed by atoms with van der Waals surface area (Å²) in [5, 5.41) is 14.1. The Hall–Kier alpha value is -4.39. The molecular weight excluding hydrogens is 522 g/mol. The van der Waals surface area contributed by atoms with E-state index in [9.17, 15) is 4.79 Å². The molecule has 3 aromatic carbocycles. The van der Waals surface area contributed by atoms with Gasteiger partial charge in [-0.2, -0.15) is 0 Å². The Morgan fingerprint density at radius 1 is 0.929 bits per heavy atom. The van der Waals surface area contributed by atoms with E-state index < -0.39 is 0 Å². The molecule has 0 aliphatic heterocycles. The molecule has 216 valence electrons. The van der Waals surface area contributed by atoms with Crippen LogP contribution in [0.4, 0.5) is 0 Å². The largest absolute Gasteiger partial charge is 0.497 e. The maximum absolute atomic E-state index is 13.6. The summed E-state index contributed by atoms with van der Waals surface area (Å²) in [5.74, 6) is 2.72. The number of hydrogen-bond acceptors (Lipinski definition) is 4. The molecule has 6 rings (SSSR count). The fourth-order valence-electron chi connectivity index (χ4n) is 6.16. The molecule has 0 radical (unpaired) electrons. The monoisotopic (exact) mass is 561 g/mol. The lowest BCUT2D eigenvalue weighted by Gasteiger charge is -2.25. The minimum atomic E-state index is -0.310. The number of carbonyl (C=O) groups is 1. The predicted molar refractivity (Wildman–Crippen MR) is 165 cm³/mol. The number of nitrogens with zero attached hydrogens (tertiary/aromatic N) is 3. The van der Waals surface area contributed by atoms with Gasteiger partial charge in [-0.1, -0.05) is 79.9 Å². The number of benzene rings is 3. The molecule has 7 heteroatoms. The Labute approximate surface area is 247 Å². The maximum atomic E-state index is 13.6. The smallest absolute Gasteiger partial charge is 0.223 e. The van der Waals surface area contributed by atoms with E-state index in [1.54, 1.807) is 7.11 Å². The molecule has 1 fully saturated rings. The number of methoxy groups -OCH3 is 1. The van der Waals surface area contributed by atoms with E-state index in [-0.39, 0.29) is 17.9 Å². The first-order valence-electron chi connectivity index (χ1n) is 15.1. The average molecular weight is 562 g/mol. The van der Waals surface area contributed by atoms with Crippen LogP contribution in [0.5, 0.6) is 5.75 Å². The number of aromatic amines is 1. The number of rotatable bonds is 11. The molecule has 1 atom stereocenters. The first-order valence-corrected chi connectivity index (χ1v) is 15.1. The topological polar surface area (TPSA) is 84.8 Å². The lowest BCUT2D eigenvalue weighted by Crippen LogP contribution is -2.37. The zero-order chi connectivity index (χ0) is 28.7. The van der Waals surface area contributed by atoms with Gasteiger partial charge in [0.05, 0.1) is 19.7 Å². The SMILES string of the molecule is COc1ccc(Cn2c(CCc3ccccc3)nnc2[C@H](Cc2c[nH]c3ccccc23)NC(=O)C2CCCCC2)cc1. The van der Waals surface area contributed by atoms with Gasteiger partial charge in [0.1, 0.15) is 11.6 Å². The second-order valence-corrected chi connectivity index (χ2v) is 11.4. The molecule has 2 heterocycles. The Morgan fingerprint density at radius 2 is 1.69 bits per heavy atom. The van der Waals surface area contributed by atoms with Gasteiger partial charge in [0.25, 0.3) is 0 Å². The van der Waals surface area contributed by atoms with Crippen molar-refractivity contribution in [2.24, 2.45) is 5.92 Å². The Balaban J connectivity index is 1.36. The van der Waals surface area contributed by atoms with Crippen molar-refractivity contribution >= 4 is 16.8 Å². The lowest BCUT2D eigenvalue weighted by molar-refractivity contribution is -0.126. The van der Waals surface area contributed by atoms with Crippen LogP contribution in [-0.2, 0) is 30.6 Å². The maximum Gasteiger partial charge on any atom is 0.223 e. The van der Waals surface area contributed by atoms with E-state index in [2.05, 4.69) is 75.7 Å². The molecule has 1 aliphatic rings. The molecular formula is C35H39N5O2. The summed E-state index contributed by atoms with van der Waals surface area (Å²) in [6, 6.07) is 26.6. The first-order chi connectivity index (χ1) is 20.7. The van der Waals surface area contributed by atoms with Crippen molar-refractivity contribution in [1.82, 2.24) is 25.1 Å². The summed E-state index contributed by atoms with van der Waals surface area (Å²) in [7, 11) is 1.68. The first kappa shape index (κ1) is 27.8. The summed E-state index contributed by atoms with van der Waals surface area (Å²) in [5.41, 5.74) is 4.64. The van der Waals surface area contributed by atoms with Crippen molar-refractivity contribution in [2.75, 3.05) is 7.11 Å². The third-order valence-electron chi connectivity index (χ3n) is 8.54. The summed E-state index contributed by atoms with van der Waals surface area (Å²) in [6.07, 6.45) is 9.65. The van der Waals surface area contributed by atoms with Crippen molar-refractivity contribution in [3.63, 3.8) is 0 Å². The van der Waals surface area contributed by atoms with Crippen LogP contribution in [0.3, 0.4) is 0 Å². The van der Waals surface area contributed by atoms with Crippen LogP contribution >= 0.6 is 0 Å². The van der Waals surface area contributed by atoms with E-state index in [1.165, 1.54) is 17.4 Å². The zero-order valence-corrected chi connectivity index (χ0v) is 24.3. The Bertz CT molecular complexity index is 1600. The number of fused-ring (bicyclic) bond motifs is 1. The lowest BCUT2D eigenvalue weighted by atomic mass is 9.88. The van der Waals surface area contributed by atoms with Crippen LogP contribution in [0.15, 0.2) is 85.1 Å². The number of amides is 1. The highest BCUT2D eigenvalue weighted by atomic mass is 16.5. The number of aromatic nitrogens is 4. The summed E-state index contributed by atoms with van der Waals surface area (Å²) >= 11 is 0. The van der Waals surface area contributed by atoms with Gasteiger partial charge in [0.2, 0.25) is 5.91 Å². The molecule has 7 nitrogen and oxygen atoms in total. The van der Waals surface area contributed by atoms with E-state index >= 15 is 0 Å². The van der Waals surface area contributed by atoms with Crippen LogP contribution in [-0.4, -0.2) is 32.8 Å². The van der Waals surface area contributed by atoms with Gasteiger partial charge >= 0.3 is 0 Å². The fraction of sp³-hybridized carbons (Fsp3) is 0.343. The Kier molecular flexibility index (Phi) is 8.64. The number of ether oxygens (including phenoxy) is 1. The van der Waals surface area contributed by atoms with Gasteiger partial charge in [-0.25, -0.2) is 0 Å². The number of H-pyrrole nitrogens is 1. The third kappa shape index (κ3) is 6.40. The number of aryl methyl sites for hydroxylation is 2. The van der Waals surface area contributed by atoms with Gasteiger partial charge in [-0.05, 0) is 54.2 Å². The molecule has 0 spiro atoms. The highest BCUT2D eigenvalue weighted by Crippen LogP contribution is 2.28. The number of hydrogen-bond donors (Lipinski definition) is 2. The summed E-state index contributed by atoms with van der Waals surface area (Å²) in [4.78, 5) is 17.0. The third-order valence-corrected chi connectivity index (χ3v) is 8.54. The molecule has 2 aromatic heterocycles. The normalized spacial score (nSPS) is 14.6. The van der Waals surface area contributed by atoms with Crippen LogP contribution in [0.25, 0.3) is 10.9 Å². The van der Waals surface area contributed by atoms with Gasteiger partial charge < -0.3 is 19.6 Å². The van der Waals surface area contributed by atoms with Gasteiger partial charge in [0, 0.05) is 35.9 Å². The molecule has 0 unspecified atom stereocenters. The highest BCUT2D eigenvalue weighted by Gasteiger charge is 2.28.